The van der Waals surface area contributed by atoms with Crippen molar-refractivity contribution in [2.75, 3.05) is 11.9 Å². The predicted octanol–water partition coefficient (Wildman–Crippen LogP) is 3.73. The summed E-state index contributed by atoms with van der Waals surface area (Å²) < 4.78 is 5.34. The third-order valence-electron chi connectivity index (χ3n) is 3.29. The van der Waals surface area contributed by atoms with Crippen molar-refractivity contribution in [3.8, 4) is 11.5 Å². The molecule has 0 spiro atoms. The molecule has 2 rings (SSSR count). The molecule has 0 bridgehead atoms. The highest BCUT2D eigenvalue weighted by atomic mass is 32.1. The van der Waals surface area contributed by atoms with E-state index >= 15 is 0 Å². The van der Waals surface area contributed by atoms with Crippen LogP contribution in [0.2, 0.25) is 0 Å². The van der Waals surface area contributed by atoms with Gasteiger partial charge in [-0.05, 0) is 68.4 Å². The number of ether oxygens (including phenoxy) is 1. The SMILES string of the molecule is CCOc1cc(C=NNC(=S)Nc2ccc(C)cc2C)ccc1O. The first-order valence-corrected chi connectivity index (χ1v) is 8.03. The number of nitrogens with one attached hydrogen (secondary N) is 2. The number of phenolic OH excluding ortho intramolecular Hbond substituents is 1. The summed E-state index contributed by atoms with van der Waals surface area (Å²) in [7, 11) is 0. The van der Waals surface area contributed by atoms with Gasteiger partial charge in [0, 0.05) is 5.69 Å². The van der Waals surface area contributed by atoms with Crippen LogP contribution in [0.1, 0.15) is 23.6 Å². The van der Waals surface area contributed by atoms with Crippen LogP contribution in [0.4, 0.5) is 5.69 Å². The largest absolute Gasteiger partial charge is 0.504 e. The molecule has 5 nitrogen and oxygen atoms in total. The molecule has 126 valence electrons. The molecule has 0 aliphatic rings. The Balaban J connectivity index is 1.96. The number of aromatic hydroxyl groups is 1. The Labute approximate surface area is 147 Å². The maximum Gasteiger partial charge on any atom is 0.191 e. The molecule has 0 aromatic heterocycles. The van der Waals surface area contributed by atoms with Crippen LogP contribution in [0.25, 0.3) is 0 Å². The van der Waals surface area contributed by atoms with Gasteiger partial charge in [-0.3, -0.25) is 5.43 Å². The summed E-state index contributed by atoms with van der Waals surface area (Å²) in [5.41, 5.74) is 6.82. The molecular weight excluding hydrogens is 322 g/mol. The molecule has 0 saturated heterocycles. The lowest BCUT2D eigenvalue weighted by molar-refractivity contribution is 0.318. The maximum atomic E-state index is 9.67. The van der Waals surface area contributed by atoms with E-state index in [1.807, 2.05) is 32.9 Å². The summed E-state index contributed by atoms with van der Waals surface area (Å²) in [5, 5.41) is 17.3. The van der Waals surface area contributed by atoms with E-state index < -0.39 is 0 Å². The lowest BCUT2D eigenvalue weighted by Gasteiger charge is -2.10. The first-order valence-electron chi connectivity index (χ1n) is 7.62. The van der Waals surface area contributed by atoms with Gasteiger partial charge in [0.15, 0.2) is 16.6 Å². The summed E-state index contributed by atoms with van der Waals surface area (Å²) >= 11 is 5.23. The van der Waals surface area contributed by atoms with Crippen molar-refractivity contribution < 1.29 is 9.84 Å². The highest BCUT2D eigenvalue weighted by molar-refractivity contribution is 7.80. The van der Waals surface area contributed by atoms with E-state index in [0.29, 0.717) is 17.5 Å². The average Bonchev–Trinajstić information content (AvgIpc) is 2.53. The first kappa shape index (κ1) is 17.7. The van der Waals surface area contributed by atoms with Crippen molar-refractivity contribution in [3.05, 3.63) is 53.1 Å². The van der Waals surface area contributed by atoms with Crippen molar-refractivity contribution in [1.82, 2.24) is 5.43 Å². The zero-order valence-corrected chi connectivity index (χ0v) is 14.8. The number of anilines is 1. The van der Waals surface area contributed by atoms with Gasteiger partial charge in [0.25, 0.3) is 0 Å². The molecule has 3 N–H and O–H groups in total. The number of hydrogen-bond donors (Lipinski definition) is 3. The molecule has 0 amide bonds. The Kier molecular flexibility index (Phi) is 6.14. The highest BCUT2D eigenvalue weighted by Gasteiger charge is 2.03. The second-order valence-electron chi connectivity index (χ2n) is 5.30. The lowest BCUT2D eigenvalue weighted by Crippen LogP contribution is -2.24. The average molecular weight is 343 g/mol. The summed E-state index contributed by atoms with van der Waals surface area (Å²) in [6, 6.07) is 11.1. The van der Waals surface area contributed by atoms with Crippen molar-refractivity contribution in [2.45, 2.75) is 20.8 Å². The van der Waals surface area contributed by atoms with Crippen LogP contribution in [0.3, 0.4) is 0 Å². The summed E-state index contributed by atoms with van der Waals surface area (Å²) in [4.78, 5) is 0. The second-order valence-corrected chi connectivity index (χ2v) is 5.71. The fourth-order valence-electron chi connectivity index (χ4n) is 2.15. The first-order chi connectivity index (χ1) is 11.5. The Morgan fingerprint density at radius 2 is 2.04 bits per heavy atom. The molecule has 24 heavy (non-hydrogen) atoms. The molecule has 0 fully saturated rings. The van der Waals surface area contributed by atoms with Crippen molar-refractivity contribution in [2.24, 2.45) is 5.10 Å². The molecule has 0 unspecified atom stereocenters. The van der Waals surface area contributed by atoms with Crippen molar-refractivity contribution in [1.29, 1.82) is 0 Å². The number of aryl methyl sites for hydroxylation is 2. The van der Waals surface area contributed by atoms with Gasteiger partial charge in [0.2, 0.25) is 0 Å². The highest BCUT2D eigenvalue weighted by Crippen LogP contribution is 2.26. The van der Waals surface area contributed by atoms with Gasteiger partial charge in [-0.1, -0.05) is 17.7 Å². The molecule has 2 aromatic carbocycles. The van der Waals surface area contributed by atoms with Gasteiger partial charge in [0.05, 0.1) is 12.8 Å². The van der Waals surface area contributed by atoms with E-state index in [1.54, 1.807) is 24.4 Å². The van der Waals surface area contributed by atoms with Crippen LogP contribution in [-0.4, -0.2) is 23.0 Å². The van der Waals surface area contributed by atoms with Crippen molar-refractivity contribution in [3.63, 3.8) is 0 Å². The van der Waals surface area contributed by atoms with Gasteiger partial charge in [-0.2, -0.15) is 5.10 Å². The second kappa shape index (κ2) is 8.31. The standard InChI is InChI=1S/C18H21N3O2S/c1-4-23-17-10-14(6-8-16(17)22)11-19-21-18(24)20-15-7-5-12(2)9-13(15)3/h5-11,22H,4H2,1-3H3,(H2,20,21,24). The minimum Gasteiger partial charge on any atom is -0.504 e. The molecular formula is C18H21N3O2S. The monoisotopic (exact) mass is 343 g/mol. The summed E-state index contributed by atoms with van der Waals surface area (Å²) in [5.74, 6) is 0.534. The minimum atomic E-state index is 0.106. The van der Waals surface area contributed by atoms with E-state index in [2.05, 4.69) is 21.9 Å². The van der Waals surface area contributed by atoms with Gasteiger partial charge in [0.1, 0.15) is 0 Å². The van der Waals surface area contributed by atoms with Crippen LogP contribution in [0, 0.1) is 13.8 Å². The molecule has 0 aliphatic carbocycles. The van der Waals surface area contributed by atoms with E-state index in [0.717, 1.165) is 16.8 Å². The lowest BCUT2D eigenvalue weighted by atomic mass is 10.1. The molecule has 0 aliphatic heterocycles. The minimum absolute atomic E-state index is 0.106. The number of phenols is 1. The Morgan fingerprint density at radius 3 is 2.75 bits per heavy atom. The molecule has 2 aromatic rings. The zero-order valence-electron chi connectivity index (χ0n) is 14.0. The van der Waals surface area contributed by atoms with Gasteiger partial charge >= 0.3 is 0 Å². The van der Waals surface area contributed by atoms with Crippen LogP contribution in [-0.2, 0) is 0 Å². The van der Waals surface area contributed by atoms with E-state index in [-0.39, 0.29) is 5.75 Å². The molecule has 0 radical (unpaired) electrons. The molecule has 0 heterocycles. The van der Waals surface area contributed by atoms with Gasteiger partial charge in [-0.15, -0.1) is 0 Å². The molecule has 0 saturated carbocycles. The number of hydrogen-bond acceptors (Lipinski definition) is 4. The van der Waals surface area contributed by atoms with Crippen LogP contribution in [0.15, 0.2) is 41.5 Å². The van der Waals surface area contributed by atoms with Crippen molar-refractivity contribution >= 4 is 29.2 Å². The quantitative estimate of drug-likeness (QED) is 0.439. The van der Waals surface area contributed by atoms with E-state index in [4.69, 9.17) is 17.0 Å². The van der Waals surface area contributed by atoms with Gasteiger partial charge < -0.3 is 15.2 Å². The number of hydrazone groups is 1. The predicted molar refractivity (Wildman–Crippen MR) is 102 cm³/mol. The molecule has 6 heteroatoms. The smallest absolute Gasteiger partial charge is 0.191 e. The normalized spacial score (nSPS) is 10.6. The Bertz CT molecular complexity index is 760. The van der Waals surface area contributed by atoms with E-state index in [9.17, 15) is 5.11 Å². The summed E-state index contributed by atoms with van der Waals surface area (Å²) in [6.45, 7) is 6.41. The van der Waals surface area contributed by atoms with Gasteiger partial charge in [-0.25, -0.2) is 0 Å². The van der Waals surface area contributed by atoms with Crippen LogP contribution < -0.4 is 15.5 Å². The number of nitrogens with zero attached hydrogens (tertiary/aromatic N) is 1. The number of thiocarbonyl (C=S) groups is 1. The fourth-order valence-corrected chi connectivity index (χ4v) is 2.31. The van der Waals surface area contributed by atoms with E-state index in [1.165, 1.54) is 5.56 Å². The Morgan fingerprint density at radius 1 is 1.25 bits per heavy atom. The summed E-state index contributed by atoms with van der Waals surface area (Å²) in [6.07, 6.45) is 1.61. The topological polar surface area (TPSA) is 65.9 Å². The third kappa shape index (κ3) is 4.96. The zero-order chi connectivity index (χ0) is 17.5. The third-order valence-corrected chi connectivity index (χ3v) is 3.49. The van der Waals surface area contributed by atoms with Crippen LogP contribution >= 0.6 is 12.2 Å². The number of benzene rings is 2. The van der Waals surface area contributed by atoms with Crippen LogP contribution in [0.5, 0.6) is 11.5 Å². The molecule has 0 atom stereocenters. The Hall–Kier alpha value is -2.60. The fraction of sp³-hybridized carbons (Fsp3) is 0.222. The number of rotatable bonds is 5. The maximum absolute atomic E-state index is 9.67.